The van der Waals surface area contributed by atoms with Crippen molar-refractivity contribution in [3.63, 3.8) is 0 Å². The molecule has 8 heteroatoms. The van der Waals surface area contributed by atoms with E-state index in [9.17, 15) is 18.4 Å². The van der Waals surface area contributed by atoms with E-state index in [2.05, 4.69) is 15.5 Å². The van der Waals surface area contributed by atoms with E-state index in [1.807, 2.05) is 0 Å². The first-order valence-corrected chi connectivity index (χ1v) is 5.08. The molecule has 2 aromatic rings. The molecule has 4 N–H and O–H groups in total. The highest BCUT2D eigenvalue weighted by Gasteiger charge is 2.17. The maximum atomic E-state index is 13.4. The van der Waals surface area contributed by atoms with E-state index >= 15 is 0 Å². The lowest BCUT2D eigenvalue weighted by molar-refractivity contribution is 0.100. The number of H-pyrrole nitrogens is 1. The number of amides is 2. The fraction of sp³-hybridized carbons (Fsp3) is 0. The molecule has 0 aliphatic carbocycles. The van der Waals surface area contributed by atoms with Gasteiger partial charge in [-0.2, -0.15) is 5.10 Å². The predicted molar refractivity (Wildman–Crippen MR) is 61.4 cm³/mol. The number of primary amides is 1. The maximum absolute atomic E-state index is 13.4. The fourth-order valence-corrected chi connectivity index (χ4v) is 1.42. The molecule has 0 fully saturated rings. The van der Waals surface area contributed by atoms with Crippen LogP contribution >= 0.6 is 0 Å². The van der Waals surface area contributed by atoms with Gasteiger partial charge in [0, 0.05) is 6.07 Å². The third-order valence-electron chi connectivity index (χ3n) is 2.32. The molecule has 2 amide bonds. The number of nitrogens with one attached hydrogen (secondary N) is 2. The summed E-state index contributed by atoms with van der Waals surface area (Å²) in [5.41, 5.74) is 4.63. The zero-order valence-electron chi connectivity index (χ0n) is 9.41. The Kier molecular flexibility index (Phi) is 3.23. The number of hydrogen-bond donors (Lipinski definition) is 3. The third-order valence-corrected chi connectivity index (χ3v) is 2.32. The van der Waals surface area contributed by atoms with E-state index in [0.717, 1.165) is 18.3 Å². The molecule has 1 aromatic heterocycles. The minimum Gasteiger partial charge on any atom is -0.365 e. The van der Waals surface area contributed by atoms with Crippen molar-refractivity contribution in [3.05, 3.63) is 47.2 Å². The number of rotatable bonds is 3. The van der Waals surface area contributed by atoms with E-state index in [0.29, 0.717) is 6.07 Å². The maximum Gasteiger partial charge on any atom is 0.259 e. The van der Waals surface area contributed by atoms with Crippen LogP contribution in [0.1, 0.15) is 20.7 Å². The number of aromatic amines is 1. The molecule has 19 heavy (non-hydrogen) atoms. The molecule has 0 saturated heterocycles. The van der Waals surface area contributed by atoms with Crippen molar-refractivity contribution in [2.24, 2.45) is 5.73 Å². The average molecular weight is 266 g/mol. The lowest BCUT2D eigenvalue weighted by Gasteiger charge is -2.05. The molecular weight excluding hydrogens is 258 g/mol. The Hall–Kier alpha value is -2.77. The van der Waals surface area contributed by atoms with E-state index in [4.69, 9.17) is 5.73 Å². The highest BCUT2D eigenvalue weighted by Crippen LogP contribution is 2.14. The summed E-state index contributed by atoms with van der Waals surface area (Å²) in [6.45, 7) is 0. The quantitative estimate of drug-likeness (QED) is 0.773. The number of nitrogens with zero attached hydrogens (tertiary/aromatic N) is 1. The number of anilines is 1. The second-order valence-electron chi connectivity index (χ2n) is 3.60. The van der Waals surface area contributed by atoms with Crippen LogP contribution in [-0.2, 0) is 0 Å². The molecule has 0 atom stereocenters. The minimum absolute atomic E-state index is 0.0455. The van der Waals surface area contributed by atoms with Gasteiger partial charge in [0.15, 0.2) is 0 Å². The van der Waals surface area contributed by atoms with Crippen molar-refractivity contribution in [1.82, 2.24) is 10.2 Å². The topological polar surface area (TPSA) is 101 Å². The van der Waals surface area contributed by atoms with Crippen LogP contribution in [-0.4, -0.2) is 22.0 Å². The Balaban J connectivity index is 2.26. The molecule has 0 spiro atoms. The predicted octanol–water partition coefficient (Wildman–Crippen LogP) is 1.04. The smallest absolute Gasteiger partial charge is 0.259 e. The van der Waals surface area contributed by atoms with Crippen molar-refractivity contribution in [1.29, 1.82) is 0 Å². The number of carbonyl (C=O) groups is 2. The Bertz CT molecular complexity index is 654. The van der Waals surface area contributed by atoms with Gasteiger partial charge in [0.1, 0.15) is 23.0 Å². The minimum atomic E-state index is -1.02. The SMILES string of the molecule is NC(=O)c1cn[nH]c1NC(=O)c1ccc(F)cc1F. The lowest BCUT2D eigenvalue weighted by atomic mass is 10.2. The highest BCUT2D eigenvalue weighted by molar-refractivity contribution is 6.07. The van der Waals surface area contributed by atoms with Gasteiger partial charge in [0.05, 0.1) is 11.8 Å². The van der Waals surface area contributed by atoms with Crippen LogP contribution in [0.2, 0.25) is 0 Å². The molecule has 0 radical (unpaired) electrons. The Morgan fingerprint density at radius 3 is 2.63 bits per heavy atom. The van der Waals surface area contributed by atoms with E-state index in [-0.39, 0.29) is 16.9 Å². The van der Waals surface area contributed by atoms with Crippen LogP contribution in [0, 0.1) is 11.6 Å². The first-order chi connectivity index (χ1) is 8.99. The summed E-state index contributed by atoms with van der Waals surface area (Å²) in [5.74, 6) is -3.53. The summed E-state index contributed by atoms with van der Waals surface area (Å²) in [6.07, 6.45) is 1.12. The normalized spacial score (nSPS) is 10.2. The largest absolute Gasteiger partial charge is 0.365 e. The lowest BCUT2D eigenvalue weighted by Crippen LogP contribution is -2.18. The van der Waals surface area contributed by atoms with Crippen molar-refractivity contribution in [3.8, 4) is 0 Å². The number of nitrogens with two attached hydrogens (primary N) is 1. The fourth-order valence-electron chi connectivity index (χ4n) is 1.42. The molecule has 6 nitrogen and oxygen atoms in total. The van der Waals surface area contributed by atoms with Crippen molar-refractivity contribution in [2.75, 3.05) is 5.32 Å². The molecule has 0 unspecified atom stereocenters. The van der Waals surface area contributed by atoms with E-state index in [1.54, 1.807) is 0 Å². The number of aromatic nitrogens is 2. The number of benzene rings is 1. The summed E-state index contributed by atoms with van der Waals surface area (Å²) >= 11 is 0. The number of hydrogen-bond acceptors (Lipinski definition) is 3. The third kappa shape index (κ3) is 2.57. The summed E-state index contributed by atoms with van der Waals surface area (Å²) in [5, 5.41) is 8.10. The van der Waals surface area contributed by atoms with Gasteiger partial charge < -0.3 is 11.1 Å². The van der Waals surface area contributed by atoms with Gasteiger partial charge in [-0.15, -0.1) is 0 Å². The first kappa shape index (κ1) is 12.7. The zero-order chi connectivity index (χ0) is 14.0. The summed E-state index contributed by atoms with van der Waals surface area (Å²) < 4.78 is 26.1. The molecule has 1 aromatic carbocycles. The second-order valence-corrected chi connectivity index (χ2v) is 3.60. The average Bonchev–Trinajstić information content (AvgIpc) is 2.76. The summed E-state index contributed by atoms with van der Waals surface area (Å²) in [4.78, 5) is 22.7. The highest BCUT2D eigenvalue weighted by atomic mass is 19.1. The van der Waals surface area contributed by atoms with Gasteiger partial charge in [-0.25, -0.2) is 8.78 Å². The first-order valence-electron chi connectivity index (χ1n) is 5.08. The van der Waals surface area contributed by atoms with Crippen molar-refractivity contribution >= 4 is 17.6 Å². The van der Waals surface area contributed by atoms with Gasteiger partial charge in [-0.3, -0.25) is 14.7 Å². The molecule has 0 aliphatic heterocycles. The summed E-state index contributed by atoms with van der Waals surface area (Å²) in [7, 11) is 0. The number of halogens is 2. The van der Waals surface area contributed by atoms with Crippen LogP contribution in [0.15, 0.2) is 24.4 Å². The van der Waals surface area contributed by atoms with Crippen LogP contribution < -0.4 is 11.1 Å². The monoisotopic (exact) mass is 266 g/mol. The molecule has 0 aliphatic rings. The molecule has 1 heterocycles. The van der Waals surface area contributed by atoms with Gasteiger partial charge >= 0.3 is 0 Å². The molecule has 98 valence electrons. The molecule has 0 saturated carbocycles. The van der Waals surface area contributed by atoms with Crippen LogP contribution in [0.4, 0.5) is 14.6 Å². The van der Waals surface area contributed by atoms with Crippen LogP contribution in [0.25, 0.3) is 0 Å². The summed E-state index contributed by atoms with van der Waals surface area (Å²) in [6, 6.07) is 2.51. The van der Waals surface area contributed by atoms with Gasteiger partial charge in [-0.05, 0) is 12.1 Å². The standard InChI is InChI=1S/C11H8F2N4O2/c12-5-1-2-6(8(13)3-5)11(19)16-10-7(9(14)18)4-15-17-10/h1-4H,(H2,14,18)(H2,15,16,17,19). The zero-order valence-corrected chi connectivity index (χ0v) is 9.41. The van der Waals surface area contributed by atoms with E-state index in [1.165, 1.54) is 0 Å². The Morgan fingerprint density at radius 2 is 2.00 bits per heavy atom. The van der Waals surface area contributed by atoms with Crippen molar-refractivity contribution < 1.29 is 18.4 Å². The van der Waals surface area contributed by atoms with E-state index < -0.39 is 23.4 Å². The van der Waals surface area contributed by atoms with Crippen LogP contribution in [0.5, 0.6) is 0 Å². The van der Waals surface area contributed by atoms with Crippen molar-refractivity contribution in [2.45, 2.75) is 0 Å². The molecular formula is C11H8F2N4O2. The second kappa shape index (κ2) is 4.84. The number of carbonyl (C=O) groups excluding carboxylic acids is 2. The van der Waals surface area contributed by atoms with Gasteiger partial charge in [0.2, 0.25) is 0 Å². The van der Waals surface area contributed by atoms with Crippen LogP contribution in [0.3, 0.4) is 0 Å². The Labute approximate surface area is 105 Å². The van der Waals surface area contributed by atoms with Gasteiger partial charge in [0.25, 0.3) is 11.8 Å². The molecule has 0 bridgehead atoms. The molecule has 2 rings (SSSR count). The van der Waals surface area contributed by atoms with Gasteiger partial charge in [-0.1, -0.05) is 0 Å². The Morgan fingerprint density at radius 1 is 1.26 bits per heavy atom.